The highest BCUT2D eigenvalue weighted by Crippen LogP contribution is 2.31. The molecule has 0 spiro atoms. The quantitative estimate of drug-likeness (QED) is 0.559. The summed E-state index contributed by atoms with van der Waals surface area (Å²) in [6.45, 7) is 5.56. The summed E-state index contributed by atoms with van der Waals surface area (Å²) in [4.78, 5) is 11.8. The molecule has 2 atom stereocenters. The van der Waals surface area contributed by atoms with E-state index in [1.165, 1.54) is 0 Å². The van der Waals surface area contributed by atoms with Crippen molar-refractivity contribution in [3.8, 4) is 0 Å². The molecule has 1 fully saturated rings. The first-order valence-electron chi connectivity index (χ1n) is 6.51. The molecule has 0 bridgehead atoms. The van der Waals surface area contributed by atoms with E-state index < -0.39 is 0 Å². The molecule has 3 nitrogen and oxygen atoms in total. The molecule has 0 aromatic rings. The molecule has 1 rings (SSSR count). The van der Waals surface area contributed by atoms with Crippen LogP contribution in [0.4, 0.5) is 0 Å². The molecular weight excluding hydrogens is 202 g/mol. The zero-order valence-electron chi connectivity index (χ0n) is 10.6. The molecule has 0 aromatic carbocycles. The van der Waals surface area contributed by atoms with E-state index in [1.54, 1.807) is 0 Å². The van der Waals surface area contributed by atoms with Crippen LogP contribution < -0.4 is 5.73 Å². The zero-order valence-corrected chi connectivity index (χ0v) is 10.6. The first-order chi connectivity index (χ1) is 7.65. The molecule has 0 aromatic heterocycles. The Balaban J connectivity index is 2.19. The number of esters is 1. The Morgan fingerprint density at radius 2 is 2.19 bits per heavy atom. The highest BCUT2D eigenvalue weighted by Gasteiger charge is 2.32. The number of rotatable bonds is 6. The van der Waals surface area contributed by atoms with Crippen LogP contribution in [0.2, 0.25) is 0 Å². The molecule has 0 amide bonds. The lowest BCUT2D eigenvalue weighted by Crippen LogP contribution is -2.27. The van der Waals surface area contributed by atoms with Crippen LogP contribution in [0.5, 0.6) is 0 Å². The minimum absolute atomic E-state index is 0.0169. The Labute approximate surface area is 98.7 Å². The lowest BCUT2D eigenvalue weighted by Gasteiger charge is -2.16. The topological polar surface area (TPSA) is 52.3 Å². The van der Waals surface area contributed by atoms with E-state index in [-0.39, 0.29) is 11.9 Å². The van der Waals surface area contributed by atoms with Crippen LogP contribution in [0.15, 0.2) is 0 Å². The first-order valence-corrected chi connectivity index (χ1v) is 6.51. The zero-order chi connectivity index (χ0) is 12.0. The fourth-order valence-corrected chi connectivity index (χ4v) is 2.40. The van der Waals surface area contributed by atoms with Crippen molar-refractivity contribution in [2.75, 3.05) is 13.2 Å². The number of hydrogen-bond acceptors (Lipinski definition) is 3. The average molecular weight is 227 g/mol. The third-order valence-corrected chi connectivity index (χ3v) is 3.43. The van der Waals surface area contributed by atoms with E-state index >= 15 is 0 Å². The van der Waals surface area contributed by atoms with Crippen LogP contribution in [0.25, 0.3) is 0 Å². The Kier molecular flexibility index (Phi) is 5.81. The third-order valence-electron chi connectivity index (χ3n) is 3.43. The summed E-state index contributed by atoms with van der Waals surface area (Å²) in [5, 5.41) is 0. The second-order valence-electron chi connectivity index (χ2n) is 5.24. The van der Waals surface area contributed by atoms with Crippen molar-refractivity contribution in [1.82, 2.24) is 0 Å². The van der Waals surface area contributed by atoms with E-state index in [2.05, 4.69) is 13.8 Å². The highest BCUT2D eigenvalue weighted by atomic mass is 16.5. The van der Waals surface area contributed by atoms with Crippen molar-refractivity contribution in [2.45, 2.75) is 46.0 Å². The van der Waals surface area contributed by atoms with Crippen LogP contribution >= 0.6 is 0 Å². The van der Waals surface area contributed by atoms with Gasteiger partial charge in [0, 0.05) is 0 Å². The van der Waals surface area contributed by atoms with Gasteiger partial charge in [-0.15, -0.1) is 0 Å². The van der Waals surface area contributed by atoms with E-state index in [0.29, 0.717) is 25.0 Å². The summed E-state index contributed by atoms with van der Waals surface area (Å²) >= 11 is 0. The normalized spacial score (nSPS) is 25.0. The maximum atomic E-state index is 11.8. The number of ether oxygens (including phenoxy) is 1. The smallest absolute Gasteiger partial charge is 0.309 e. The Bertz CT molecular complexity index is 216. The lowest BCUT2D eigenvalue weighted by atomic mass is 9.96. The van der Waals surface area contributed by atoms with E-state index in [1.807, 2.05) is 0 Å². The minimum atomic E-state index is -0.0169. The van der Waals surface area contributed by atoms with Crippen LogP contribution in [0, 0.1) is 17.8 Å². The predicted molar refractivity (Wildman–Crippen MR) is 64.9 cm³/mol. The number of carbonyl (C=O) groups is 1. The second-order valence-corrected chi connectivity index (χ2v) is 5.24. The fraction of sp³-hybridized carbons (Fsp3) is 0.923. The molecule has 1 saturated carbocycles. The maximum absolute atomic E-state index is 11.8. The van der Waals surface area contributed by atoms with Crippen LogP contribution in [0.1, 0.15) is 46.0 Å². The largest absolute Gasteiger partial charge is 0.465 e. The monoisotopic (exact) mass is 227 g/mol. The Morgan fingerprint density at radius 3 is 2.81 bits per heavy atom. The van der Waals surface area contributed by atoms with Gasteiger partial charge in [0.25, 0.3) is 0 Å². The molecule has 0 saturated heterocycles. The third kappa shape index (κ3) is 4.12. The van der Waals surface area contributed by atoms with Crippen molar-refractivity contribution >= 4 is 5.97 Å². The molecule has 3 heteroatoms. The van der Waals surface area contributed by atoms with Crippen LogP contribution in [-0.4, -0.2) is 19.1 Å². The fourth-order valence-electron chi connectivity index (χ4n) is 2.40. The minimum Gasteiger partial charge on any atom is -0.465 e. The summed E-state index contributed by atoms with van der Waals surface area (Å²) in [5.74, 6) is 1.10. The summed E-state index contributed by atoms with van der Waals surface area (Å²) in [6, 6.07) is 0. The van der Waals surface area contributed by atoms with Gasteiger partial charge in [0.05, 0.1) is 12.5 Å². The van der Waals surface area contributed by atoms with Gasteiger partial charge in [0.1, 0.15) is 0 Å². The molecular formula is C13H25NO2. The molecule has 94 valence electrons. The molecule has 0 radical (unpaired) electrons. The van der Waals surface area contributed by atoms with Gasteiger partial charge in [-0.25, -0.2) is 0 Å². The predicted octanol–water partition coefficient (Wildman–Crippen LogP) is 2.34. The van der Waals surface area contributed by atoms with Gasteiger partial charge in [-0.05, 0) is 44.1 Å². The number of carbonyl (C=O) groups excluding carboxylic acids is 1. The average Bonchev–Trinajstić information content (AvgIpc) is 2.71. The van der Waals surface area contributed by atoms with Crippen LogP contribution in [-0.2, 0) is 9.53 Å². The van der Waals surface area contributed by atoms with Crippen molar-refractivity contribution < 1.29 is 9.53 Å². The van der Waals surface area contributed by atoms with Gasteiger partial charge >= 0.3 is 5.97 Å². The van der Waals surface area contributed by atoms with Gasteiger partial charge in [-0.3, -0.25) is 4.79 Å². The van der Waals surface area contributed by atoms with Crippen molar-refractivity contribution in [2.24, 2.45) is 23.5 Å². The van der Waals surface area contributed by atoms with Gasteiger partial charge in [-0.2, -0.15) is 0 Å². The van der Waals surface area contributed by atoms with Gasteiger partial charge in [0.2, 0.25) is 0 Å². The summed E-state index contributed by atoms with van der Waals surface area (Å²) in [7, 11) is 0. The first kappa shape index (κ1) is 13.5. The Hall–Kier alpha value is -0.570. The van der Waals surface area contributed by atoms with E-state index in [0.717, 1.165) is 32.1 Å². The molecule has 16 heavy (non-hydrogen) atoms. The molecule has 0 heterocycles. The van der Waals surface area contributed by atoms with Crippen molar-refractivity contribution in [3.63, 3.8) is 0 Å². The molecule has 2 unspecified atom stereocenters. The van der Waals surface area contributed by atoms with E-state index in [4.69, 9.17) is 10.5 Å². The summed E-state index contributed by atoms with van der Waals surface area (Å²) in [5.41, 5.74) is 5.65. The van der Waals surface area contributed by atoms with Gasteiger partial charge < -0.3 is 10.5 Å². The second kappa shape index (κ2) is 6.89. The summed E-state index contributed by atoms with van der Waals surface area (Å²) in [6.07, 6.45) is 5.27. The number of hydrogen-bond donors (Lipinski definition) is 1. The number of nitrogens with two attached hydrogens (primary N) is 1. The Morgan fingerprint density at radius 1 is 1.44 bits per heavy atom. The SMILES string of the molecule is CC(C)CCCOC(=O)C1CCCC1CN. The molecule has 1 aliphatic rings. The molecule has 0 aliphatic heterocycles. The van der Waals surface area contributed by atoms with Crippen molar-refractivity contribution in [3.05, 3.63) is 0 Å². The van der Waals surface area contributed by atoms with E-state index in [9.17, 15) is 4.79 Å². The standard InChI is InChI=1S/C13H25NO2/c1-10(2)5-4-8-16-13(15)12-7-3-6-11(12)9-14/h10-12H,3-9,14H2,1-2H3. The summed E-state index contributed by atoms with van der Waals surface area (Å²) < 4.78 is 5.31. The molecule has 2 N–H and O–H groups in total. The maximum Gasteiger partial charge on any atom is 0.309 e. The molecule has 1 aliphatic carbocycles. The lowest BCUT2D eigenvalue weighted by molar-refractivity contribution is -0.149. The van der Waals surface area contributed by atoms with Crippen molar-refractivity contribution in [1.29, 1.82) is 0 Å². The van der Waals surface area contributed by atoms with Gasteiger partial charge in [-0.1, -0.05) is 20.3 Å². The van der Waals surface area contributed by atoms with Crippen LogP contribution in [0.3, 0.4) is 0 Å². The van der Waals surface area contributed by atoms with Gasteiger partial charge in [0.15, 0.2) is 0 Å². The highest BCUT2D eigenvalue weighted by molar-refractivity contribution is 5.73.